The number of hydrogen-bond donors (Lipinski definition) is 1. The molecule has 4 unspecified atom stereocenters. The quantitative estimate of drug-likeness (QED) is 0.776. The van der Waals surface area contributed by atoms with Gasteiger partial charge in [-0.2, -0.15) is 0 Å². The number of ether oxygens (including phenoxy) is 1. The van der Waals surface area contributed by atoms with Gasteiger partial charge >= 0.3 is 0 Å². The van der Waals surface area contributed by atoms with Crippen LogP contribution in [0.1, 0.15) is 51.9 Å². The van der Waals surface area contributed by atoms with Crippen LogP contribution in [0.5, 0.6) is 0 Å². The predicted octanol–water partition coefficient (Wildman–Crippen LogP) is 2.97. The molecule has 0 bridgehead atoms. The molecular weight excluding hydrogens is 198 g/mol. The molecule has 2 nitrogen and oxygen atoms in total. The van der Waals surface area contributed by atoms with Crippen molar-refractivity contribution in [3.05, 3.63) is 0 Å². The van der Waals surface area contributed by atoms with Gasteiger partial charge in [-0.3, -0.25) is 0 Å². The maximum atomic E-state index is 5.71. The second kappa shape index (κ2) is 6.02. The van der Waals surface area contributed by atoms with E-state index in [1.54, 1.807) is 0 Å². The largest absolute Gasteiger partial charge is 0.378 e. The lowest BCUT2D eigenvalue weighted by Gasteiger charge is -2.27. The summed E-state index contributed by atoms with van der Waals surface area (Å²) in [7, 11) is 2.13. The zero-order chi connectivity index (χ0) is 11.4. The Morgan fingerprint density at radius 2 is 2.12 bits per heavy atom. The smallest absolute Gasteiger partial charge is 0.0576 e. The van der Waals surface area contributed by atoms with Crippen LogP contribution in [-0.2, 0) is 4.74 Å². The number of rotatable bonds is 5. The molecule has 0 spiro atoms. The van der Waals surface area contributed by atoms with Crippen LogP contribution in [0, 0.1) is 11.8 Å². The fourth-order valence-corrected chi connectivity index (χ4v) is 3.58. The summed E-state index contributed by atoms with van der Waals surface area (Å²) in [6.45, 7) is 3.42. The van der Waals surface area contributed by atoms with Gasteiger partial charge in [-0.1, -0.05) is 19.8 Å². The maximum Gasteiger partial charge on any atom is 0.0576 e. The van der Waals surface area contributed by atoms with Crippen molar-refractivity contribution in [3.63, 3.8) is 0 Å². The summed E-state index contributed by atoms with van der Waals surface area (Å²) in [5.74, 6) is 1.83. The van der Waals surface area contributed by atoms with Crippen LogP contribution in [0.4, 0.5) is 0 Å². The minimum absolute atomic E-state index is 0.563. The van der Waals surface area contributed by atoms with Gasteiger partial charge in [0, 0.05) is 12.6 Å². The third kappa shape index (κ3) is 2.98. The summed E-state index contributed by atoms with van der Waals surface area (Å²) < 4.78 is 5.71. The number of hydrogen-bond acceptors (Lipinski definition) is 2. The van der Waals surface area contributed by atoms with Crippen LogP contribution >= 0.6 is 0 Å². The lowest BCUT2D eigenvalue weighted by Crippen LogP contribution is -2.35. The average Bonchev–Trinajstić information content (AvgIpc) is 2.92. The van der Waals surface area contributed by atoms with E-state index in [0.717, 1.165) is 24.5 Å². The zero-order valence-electron chi connectivity index (χ0n) is 10.9. The Morgan fingerprint density at radius 3 is 2.69 bits per heavy atom. The maximum absolute atomic E-state index is 5.71. The van der Waals surface area contributed by atoms with E-state index in [2.05, 4.69) is 19.3 Å². The van der Waals surface area contributed by atoms with Gasteiger partial charge in [-0.25, -0.2) is 0 Å². The van der Waals surface area contributed by atoms with Gasteiger partial charge in [0.2, 0.25) is 0 Å². The lowest BCUT2D eigenvalue weighted by molar-refractivity contribution is 0.0964. The molecule has 1 heterocycles. The van der Waals surface area contributed by atoms with Crippen LogP contribution in [-0.4, -0.2) is 25.8 Å². The lowest BCUT2D eigenvalue weighted by atomic mass is 9.87. The average molecular weight is 225 g/mol. The summed E-state index contributed by atoms with van der Waals surface area (Å²) in [5, 5.41) is 3.54. The molecule has 1 aliphatic heterocycles. The second-order valence-electron chi connectivity index (χ2n) is 5.68. The Hall–Kier alpha value is -0.0800. The molecule has 0 aromatic carbocycles. The van der Waals surface area contributed by atoms with E-state index in [0.29, 0.717) is 6.10 Å². The minimum atomic E-state index is 0.563. The molecule has 16 heavy (non-hydrogen) atoms. The van der Waals surface area contributed by atoms with Gasteiger partial charge in [0.15, 0.2) is 0 Å². The third-order valence-corrected chi connectivity index (χ3v) is 4.64. The monoisotopic (exact) mass is 225 g/mol. The van der Waals surface area contributed by atoms with Crippen LogP contribution in [0.3, 0.4) is 0 Å². The normalized spacial score (nSPS) is 36.8. The zero-order valence-corrected chi connectivity index (χ0v) is 10.9. The Morgan fingerprint density at radius 1 is 1.25 bits per heavy atom. The summed E-state index contributed by atoms with van der Waals surface area (Å²) in [4.78, 5) is 0. The highest BCUT2D eigenvalue weighted by Crippen LogP contribution is 2.35. The van der Waals surface area contributed by atoms with E-state index < -0.39 is 0 Å². The van der Waals surface area contributed by atoms with Gasteiger partial charge < -0.3 is 10.1 Å². The molecule has 0 radical (unpaired) electrons. The van der Waals surface area contributed by atoms with Crippen LogP contribution in [0.15, 0.2) is 0 Å². The molecule has 2 fully saturated rings. The second-order valence-corrected chi connectivity index (χ2v) is 5.68. The molecule has 0 aromatic rings. The predicted molar refractivity (Wildman–Crippen MR) is 67.6 cm³/mol. The minimum Gasteiger partial charge on any atom is -0.378 e. The molecule has 4 atom stereocenters. The van der Waals surface area contributed by atoms with Crippen molar-refractivity contribution in [2.45, 2.75) is 64.0 Å². The molecule has 1 aliphatic carbocycles. The molecule has 2 aliphatic rings. The van der Waals surface area contributed by atoms with E-state index in [-0.39, 0.29) is 0 Å². The topological polar surface area (TPSA) is 21.3 Å². The first kappa shape index (κ1) is 12.4. The highest BCUT2D eigenvalue weighted by Gasteiger charge is 2.30. The van der Waals surface area contributed by atoms with Crippen molar-refractivity contribution in [1.29, 1.82) is 0 Å². The van der Waals surface area contributed by atoms with Crippen molar-refractivity contribution in [2.24, 2.45) is 11.8 Å². The molecule has 1 saturated heterocycles. The van der Waals surface area contributed by atoms with E-state index in [1.807, 2.05) is 0 Å². The summed E-state index contributed by atoms with van der Waals surface area (Å²) in [6.07, 6.45) is 9.98. The Kier molecular flexibility index (Phi) is 4.66. The van der Waals surface area contributed by atoms with E-state index in [4.69, 9.17) is 4.74 Å². The molecule has 1 saturated carbocycles. The van der Waals surface area contributed by atoms with Gasteiger partial charge in [0.25, 0.3) is 0 Å². The summed E-state index contributed by atoms with van der Waals surface area (Å²) in [5.41, 5.74) is 0. The molecule has 0 aromatic heterocycles. The molecule has 0 amide bonds. The van der Waals surface area contributed by atoms with Gasteiger partial charge in [-0.15, -0.1) is 0 Å². The van der Waals surface area contributed by atoms with Crippen molar-refractivity contribution < 1.29 is 4.74 Å². The van der Waals surface area contributed by atoms with Crippen LogP contribution < -0.4 is 5.32 Å². The van der Waals surface area contributed by atoms with Crippen LogP contribution in [0.25, 0.3) is 0 Å². The van der Waals surface area contributed by atoms with Crippen molar-refractivity contribution in [2.75, 3.05) is 13.7 Å². The first-order chi connectivity index (χ1) is 7.81. The van der Waals surface area contributed by atoms with E-state index >= 15 is 0 Å². The van der Waals surface area contributed by atoms with Crippen molar-refractivity contribution in [3.8, 4) is 0 Å². The third-order valence-electron chi connectivity index (χ3n) is 4.64. The first-order valence-corrected chi connectivity index (χ1v) is 7.10. The standard InChI is InChI=1S/C14H27NO/c1-11-5-3-7-13(11)14(15-2)9-8-12-6-4-10-16-12/h11-15H,3-10H2,1-2H3. The first-order valence-electron chi connectivity index (χ1n) is 7.10. The SMILES string of the molecule is CNC(CCC1CCCO1)C1CCCC1C. The molecular formula is C14H27NO. The van der Waals surface area contributed by atoms with Crippen LogP contribution in [0.2, 0.25) is 0 Å². The fourth-order valence-electron chi connectivity index (χ4n) is 3.58. The number of nitrogens with one attached hydrogen (secondary N) is 1. The van der Waals surface area contributed by atoms with Gasteiger partial charge in [0.1, 0.15) is 0 Å². The summed E-state index contributed by atoms with van der Waals surface area (Å²) in [6, 6.07) is 0.724. The fraction of sp³-hybridized carbons (Fsp3) is 1.00. The van der Waals surface area contributed by atoms with Crippen molar-refractivity contribution >= 4 is 0 Å². The summed E-state index contributed by atoms with van der Waals surface area (Å²) >= 11 is 0. The molecule has 2 rings (SSSR count). The van der Waals surface area contributed by atoms with Gasteiger partial charge in [-0.05, 0) is 51.0 Å². The van der Waals surface area contributed by atoms with E-state index in [1.165, 1.54) is 44.9 Å². The van der Waals surface area contributed by atoms with Crippen molar-refractivity contribution in [1.82, 2.24) is 5.32 Å². The molecule has 2 heteroatoms. The Bertz CT molecular complexity index is 201. The molecule has 94 valence electrons. The Balaban J connectivity index is 1.75. The highest BCUT2D eigenvalue weighted by molar-refractivity contribution is 4.85. The van der Waals surface area contributed by atoms with Gasteiger partial charge in [0.05, 0.1) is 6.10 Å². The van der Waals surface area contributed by atoms with E-state index in [9.17, 15) is 0 Å². The molecule has 1 N–H and O–H groups in total. The Labute approximate surface area is 100 Å². The highest BCUT2D eigenvalue weighted by atomic mass is 16.5.